The molecule has 0 aliphatic heterocycles. The lowest BCUT2D eigenvalue weighted by molar-refractivity contribution is -0.137. The molecular formula is C16H23F3N2. The first kappa shape index (κ1) is 16.3. The number of likely N-dealkylation sites (N-methyl/N-ethyl adjacent to an activating group) is 1. The minimum atomic E-state index is -4.31. The summed E-state index contributed by atoms with van der Waals surface area (Å²) in [5.74, 6) is 0.712. The predicted octanol–water partition coefficient (Wildman–Crippen LogP) is 3.83. The lowest BCUT2D eigenvalue weighted by Crippen LogP contribution is -2.32. The standard InChI is InChI=1S/C16H23F3N2/c1-21(10-12-5-2-3-6-12)11-15(20)13-7-4-8-14(9-13)16(17,18)19/h4,7-9,12,15H,2-3,5-6,10-11,20H2,1H3. The fourth-order valence-corrected chi connectivity index (χ4v) is 3.10. The number of alkyl halides is 3. The summed E-state index contributed by atoms with van der Waals surface area (Å²) in [6.07, 6.45) is 0.772. The predicted molar refractivity (Wildman–Crippen MR) is 77.8 cm³/mol. The third kappa shape index (κ3) is 4.71. The minimum Gasteiger partial charge on any atom is -0.323 e. The van der Waals surface area contributed by atoms with Gasteiger partial charge < -0.3 is 10.6 Å². The van der Waals surface area contributed by atoms with Gasteiger partial charge in [0.25, 0.3) is 0 Å². The summed E-state index contributed by atoms with van der Waals surface area (Å²) in [6, 6.07) is 4.95. The molecule has 0 bridgehead atoms. The van der Waals surface area contributed by atoms with Crippen LogP contribution in [0.15, 0.2) is 24.3 Å². The summed E-state index contributed by atoms with van der Waals surface area (Å²) in [5, 5.41) is 0. The molecule has 118 valence electrons. The van der Waals surface area contributed by atoms with Crippen LogP contribution >= 0.6 is 0 Å². The van der Waals surface area contributed by atoms with Crippen LogP contribution in [0.1, 0.15) is 42.9 Å². The molecule has 1 saturated carbocycles. The van der Waals surface area contributed by atoms with Crippen molar-refractivity contribution in [2.45, 2.75) is 37.9 Å². The highest BCUT2D eigenvalue weighted by Crippen LogP contribution is 2.31. The summed E-state index contributed by atoms with van der Waals surface area (Å²) in [7, 11) is 1.99. The zero-order valence-electron chi connectivity index (χ0n) is 12.4. The van der Waals surface area contributed by atoms with Crippen LogP contribution in [0.5, 0.6) is 0 Å². The minimum absolute atomic E-state index is 0.390. The Balaban J connectivity index is 1.94. The summed E-state index contributed by atoms with van der Waals surface area (Å²) >= 11 is 0. The molecule has 1 unspecified atom stereocenters. The van der Waals surface area contributed by atoms with Crippen molar-refractivity contribution in [3.05, 3.63) is 35.4 Å². The highest BCUT2D eigenvalue weighted by atomic mass is 19.4. The molecule has 1 aromatic rings. The number of halogens is 3. The Kier molecular flexibility index (Phi) is 5.27. The van der Waals surface area contributed by atoms with Crippen molar-refractivity contribution < 1.29 is 13.2 Å². The maximum atomic E-state index is 12.7. The van der Waals surface area contributed by atoms with Crippen LogP contribution in [-0.2, 0) is 6.18 Å². The van der Waals surface area contributed by atoms with Crippen LogP contribution in [0.25, 0.3) is 0 Å². The molecule has 2 rings (SSSR count). The lowest BCUT2D eigenvalue weighted by Gasteiger charge is -2.24. The van der Waals surface area contributed by atoms with Gasteiger partial charge in [-0.3, -0.25) is 0 Å². The molecule has 0 radical (unpaired) electrons. The molecule has 1 aliphatic carbocycles. The van der Waals surface area contributed by atoms with E-state index in [0.717, 1.165) is 18.7 Å². The summed E-state index contributed by atoms with van der Waals surface area (Å²) in [6.45, 7) is 1.56. The Morgan fingerprint density at radius 3 is 2.57 bits per heavy atom. The molecular weight excluding hydrogens is 277 g/mol. The Morgan fingerprint density at radius 2 is 1.95 bits per heavy atom. The fourth-order valence-electron chi connectivity index (χ4n) is 3.10. The van der Waals surface area contributed by atoms with E-state index >= 15 is 0 Å². The van der Waals surface area contributed by atoms with Gasteiger partial charge in [-0.15, -0.1) is 0 Å². The first-order chi connectivity index (χ1) is 9.86. The van der Waals surface area contributed by atoms with Crippen LogP contribution in [0, 0.1) is 5.92 Å². The molecule has 5 heteroatoms. The second-order valence-corrected chi connectivity index (χ2v) is 6.10. The van der Waals surface area contributed by atoms with Crippen molar-refractivity contribution in [3.8, 4) is 0 Å². The third-order valence-corrected chi connectivity index (χ3v) is 4.20. The zero-order chi connectivity index (χ0) is 15.5. The second kappa shape index (κ2) is 6.79. The molecule has 0 spiro atoms. The van der Waals surface area contributed by atoms with Crippen LogP contribution in [0.3, 0.4) is 0 Å². The van der Waals surface area contributed by atoms with Crippen LogP contribution in [0.4, 0.5) is 13.2 Å². The van der Waals surface area contributed by atoms with Crippen LogP contribution < -0.4 is 5.73 Å². The summed E-state index contributed by atoms with van der Waals surface area (Å²) in [5.41, 5.74) is 5.99. The molecule has 2 nitrogen and oxygen atoms in total. The van der Waals surface area contributed by atoms with Crippen molar-refractivity contribution in [1.29, 1.82) is 0 Å². The van der Waals surface area contributed by atoms with E-state index in [1.807, 2.05) is 7.05 Å². The van der Waals surface area contributed by atoms with Crippen LogP contribution in [0.2, 0.25) is 0 Å². The normalized spacial score (nSPS) is 18.4. The van der Waals surface area contributed by atoms with Crippen molar-refractivity contribution in [2.75, 3.05) is 20.1 Å². The van der Waals surface area contributed by atoms with Gasteiger partial charge in [-0.1, -0.05) is 25.0 Å². The molecule has 1 atom stereocenters. The van der Waals surface area contributed by atoms with E-state index in [1.54, 1.807) is 6.07 Å². The van der Waals surface area contributed by atoms with Gasteiger partial charge in [-0.2, -0.15) is 13.2 Å². The zero-order valence-corrected chi connectivity index (χ0v) is 12.4. The fraction of sp³-hybridized carbons (Fsp3) is 0.625. The Bertz CT molecular complexity index is 453. The van der Waals surface area contributed by atoms with E-state index in [-0.39, 0.29) is 0 Å². The van der Waals surface area contributed by atoms with Gasteiger partial charge in [0, 0.05) is 19.1 Å². The first-order valence-electron chi connectivity index (χ1n) is 7.47. The number of benzene rings is 1. The molecule has 0 aromatic heterocycles. The quantitative estimate of drug-likeness (QED) is 0.895. The van der Waals surface area contributed by atoms with E-state index < -0.39 is 17.8 Å². The number of hydrogen-bond donors (Lipinski definition) is 1. The second-order valence-electron chi connectivity index (χ2n) is 6.10. The van der Waals surface area contributed by atoms with E-state index in [1.165, 1.54) is 31.7 Å². The topological polar surface area (TPSA) is 29.3 Å². The van der Waals surface area contributed by atoms with E-state index in [0.29, 0.717) is 18.0 Å². The number of hydrogen-bond acceptors (Lipinski definition) is 2. The lowest BCUT2D eigenvalue weighted by atomic mass is 10.0. The van der Waals surface area contributed by atoms with Gasteiger partial charge >= 0.3 is 6.18 Å². The van der Waals surface area contributed by atoms with Crippen molar-refractivity contribution >= 4 is 0 Å². The molecule has 0 saturated heterocycles. The van der Waals surface area contributed by atoms with Gasteiger partial charge in [-0.05, 0) is 43.5 Å². The first-order valence-corrected chi connectivity index (χ1v) is 7.47. The molecule has 0 amide bonds. The average Bonchev–Trinajstić information content (AvgIpc) is 2.90. The maximum Gasteiger partial charge on any atom is 0.416 e. The Hall–Kier alpha value is -1.07. The average molecular weight is 300 g/mol. The Labute approximate surface area is 124 Å². The SMILES string of the molecule is CN(CC1CCCC1)CC(N)c1cccc(C(F)(F)F)c1. The van der Waals surface area contributed by atoms with Crippen molar-refractivity contribution in [1.82, 2.24) is 4.90 Å². The molecule has 1 aliphatic rings. The van der Waals surface area contributed by atoms with E-state index in [4.69, 9.17) is 5.73 Å². The number of rotatable bonds is 5. The third-order valence-electron chi connectivity index (χ3n) is 4.20. The van der Waals surface area contributed by atoms with Crippen molar-refractivity contribution in [2.24, 2.45) is 11.7 Å². The molecule has 2 N–H and O–H groups in total. The Morgan fingerprint density at radius 1 is 1.29 bits per heavy atom. The van der Waals surface area contributed by atoms with Gasteiger partial charge in [0.1, 0.15) is 0 Å². The largest absolute Gasteiger partial charge is 0.416 e. The maximum absolute atomic E-state index is 12.7. The number of nitrogens with zero attached hydrogens (tertiary/aromatic N) is 1. The van der Waals surface area contributed by atoms with Gasteiger partial charge in [0.15, 0.2) is 0 Å². The highest BCUT2D eigenvalue weighted by molar-refractivity contribution is 5.28. The monoisotopic (exact) mass is 300 g/mol. The molecule has 1 fully saturated rings. The molecule has 0 heterocycles. The smallest absolute Gasteiger partial charge is 0.323 e. The molecule has 1 aromatic carbocycles. The van der Waals surface area contributed by atoms with Gasteiger partial charge in [-0.25, -0.2) is 0 Å². The summed E-state index contributed by atoms with van der Waals surface area (Å²) in [4.78, 5) is 2.14. The van der Waals surface area contributed by atoms with E-state index in [2.05, 4.69) is 4.90 Å². The van der Waals surface area contributed by atoms with Crippen LogP contribution in [-0.4, -0.2) is 25.0 Å². The highest BCUT2D eigenvalue weighted by Gasteiger charge is 2.30. The van der Waals surface area contributed by atoms with Gasteiger partial charge in [0.05, 0.1) is 5.56 Å². The van der Waals surface area contributed by atoms with Gasteiger partial charge in [0.2, 0.25) is 0 Å². The van der Waals surface area contributed by atoms with Crippen molar-refractivity contribution in [3.63, 3.8) is 0 Å². The summed E-state index contributed by atoms with van der Waals surface area (Å²) < 4.78 is 38.1. The molecule has 21 heavy (non-hydrogen) atoms. The van der Waals surface area contributed by atoms with E-state index in [9.17, 15) is 13.2 Å². The number of nitrogens with two attached hydrogens (primary N) is 1.